The second-order valence-corrected chi connectivity index (χ2v) is 6.00. The zero-order valence-electron chi connectivity index (χ0n) is 11.3. The van der Waals surface area contributed by atoms with Crippen molar-refractivity contribution in [3.8, 4) is 0 Å². The normalized spacial score (nSPS) is 12.0. The molecule has 0 saturated heterocycles. The lowest BCUT2D eigenvalue weighted by Gasteiger charge is -2.01. The van der Waals surface area contributed by atoms with Crippen molar-refractivity contribution >= 4 is 46.3 Å². The maximum atomic E-state index is 13.5. The topological polar surface area (TPSA) is 50.7 Å². The first-order chi connectivity index (χ1) is 10.6. The summed E-state index contributed by atoms with van der Waals surface area (Å²) in [5.41, 5.74) is 7.27. The van der Waals surface area contributed by atoms with Gasteiger partial charge < -0.3 is 5.73 Å². The molecule has 0 unspecified atom stereocenters. The van der Waals surface area contributed by atoms with Crippen LogP contribution in [0.1, 0.15) is 11.1 Å². The van der Waals surface area contributed by atoms with Crippen LogP contribution >= 0.6 is 35.0 Å². The third-order valence-corrected chi connectivity index (χ3v) is 4.18. The molecule has 2 rings (SSSR count). The molecule has 0 amide bonds. The molecule has 0 aromatic heterocycles. The SMILES string of the molecule is NC(=NN=Cc1ccc(Cl)c(F)c1Cl)SCc1ccccc1. The number of nitrogens with zero attached hydrogens (tertiary/aromatic N) is 2. The first-order valence-corrected chi connectivity index (χ1v) is 7.99. The highest BCUT2D eigenvalue weighted by atomic mass is 35.5. The second kappa shape index (κ2) is 8.17. The van der Waals surface area contributed by atoms with Gasteiger partial charge in [0.25, 0.3) is 0 Å². The first kappa shape index (κ1) is 16.8. The number of benzene rings is 2. The van der Waals surface area contributed by atoms with Crippen molar-refractivity contribution in [3.63, 3.8) is 0 Å². The van der Waals surface area contributed by atoms with E-state index in [1.807, 2.05) is 30.3 Å². The Morgan fingerprint density at radius 3 is 2.64 bits per heavy atom. The minimum absolute atomic E-state index is 0.0384. The summed E-state index contributed by atoms with van der Waals surface area (Å²) in [7, 11) is 0. The van der Waals surface area contributed by atoms with Crippen LogP contribution < -0.4 is 5.73 Å². The smallest absolute Gasteiger partial charge is 0.180 e. The van der Waals surface area contributed by atoms with Gasteiger partial charge in [0, 0.05) is 11.3 Å². The summed E-state index contributed by atoms with van der Waals surface area (Å²) in [5, 5.41) is 7.83. The molecule has 2 aromatic rings. The number of hydrogen-bond acceptors (Lipinski definition) is 3. The number of amidine groups is 1. The monoisotopic (exact) mass is 355 g/mol. The minimum Gasteiger partial charge on any atom is -0.377 e. The molecular weight excluding hydrogens is 344 g/mol. The molecule has 0 aliphatic heterocycles. The van der Waals surface area contributed by atoms with E-state index in [4.69, 9.17) is 28.9 Å². The maximum Gasteiger partial charge on any atom is 0.180 e. The quantitative estimate of drug-likeness (QED) is 0.373. The van der Waals surface area contributed by atoms with Crippen molar-refractivity contribution in [3.05, 3.63) is 69.5 Å². The lowest BCUT2D eigenvalue weighted by Crippen LogP contribution is -2.06. The van der Waals surface area contributed by atoms with Crippen LogP contribution in [0.3, 0.4) is 0 Å². The van der Waals surface area contributed by atoms with Crippen LogP contribution in [0.2, 0.25) is 10.0 Å². The van der Waals surface area contributed by atoms with E-state index in [1.54, 1.807) is 6.07 Å². The molecule has 2 aromatic carbocycles. The first-order valence-electron chi connectivity index (χ1n) is 6.24. The van der Waals surface area contributed by atoms with E-state index in [0.29, 0.717) is 16.5 Å². The van der Waals surface area contributed by atoms with Gasteiger partial charge in [0.15, 0.2) is 11.0 Å². The standard InChI is InChI=1S/C15H12Cl2FN3S/c16-12-7-6-11(13(17)14(12)18)8-20-21-15(19)22-9-10-4-2-1-3-5-10/h1-8H,9H2,(H2,19,21). The molecule has 0 bridgehead atoms. The lowest BCUT2D eigenvalue weighted by atomic mass is 10.2. The zero-order chi connectivity index (χ0) is 15.9. The average Bonchev–Trinajstić information content (AvgIpc) is 2.54. The van der Waals surface area contributed by atoms with E-state index in [-0.39, 0.29) is 10.0 Å². The second-order valence-electron chi connectivity index (χ2n) is 4.22. The Kier molecular flexibility index (Phi) is 6.24. The Morgan fingerprint density at radius 1 is 1.18 bits per heavy atom. The van der Waals surface area contributed by atoms with Crippen LogP contribution in [0.5, 0.6) is 0 Å². The van der Waals surface area contributed by atoms with E-state index in [9.17, 15) is 4.39 Å². The Labute approximate surface area is 142 Å². The average molecular weight is 356 g/mol. The molecular formula is C15H12Cl2FN3S. The summed E-state index contributed by atoms with van der Waals surface area (Å²) in [4.78, 5) is 0. The largest absolute Gasteiger partial charge is 0.377 e. The van der Waals surface area contributed by atoms with Gasteiger partial charge in [0.1, 0.15) is 0 Å². The van der Waals surface area contributed by atoms with Gasteiger partial charge in [-0.15, -0.1) is 5.10 Å². The predicted octanol–water partition coefficient (Wildman–Crippen LogP) is 4.71. The predicted molar refractivity (Wildman–Crippen MR) is 93.4 cm³/mol. The summed E-state index contributed by atoms with van der Waals surface area (Å²) < 4.78 is 13.5. The number of halogens is 3. The van der Waals surface area contributed by atoms with Gasteiger partial charge in [0.05, 0.1) is 16.3 Å². The van der Waals surface area contributed by atoms with E-state index >= 15 is 0 Å². The van der Waals surface area contributed by atoms with E-state index < -0.39 is 5.82 Å². The number of nitrogens with two attached hydrogens (primary N) is 1. The Balaban J connectivity index is 1.97. The van der Waals surface area contributed by atoms with E-state index in [2.05, 4.69) is 10.2 Å². The molecule has 0 aliphatic carbocycles. The fraction of sp³-hybridized carbons (Fsp3) is 0.0667. The third kappa shape index (κ3) is 4.73. The van der Waals surface area contributed by atoms with Gasteiger partial charge in [-0.25, -0.2) is 4.39 Å². The molecule has 0 spiro atoms. The van der Waals surface area contributed by atoms with Gasteiger partial charge in [-0.1, -0.05) is 71.4 Å². The highest BCUT2D eigenvalue weighted by Crippen LogP contribution is 2.25. The molecule has 0 atom stereocenters. The molecule has 114 valence electrons. The van der Waals surface area contributed by atoms with E-state index in [0.717, 1.165) is 5.56 Å². The Morgan fingerprint density at radius 2 is 1.91 bits per heavy atom. The molecule has 0 aliphatic rings. The Bertz CT molecular complexity index is 705. The molecule has 0 radical (unpaired) electrons. The van der Waals surface area contributed by atoms with Gasteiger partial charge in [-0.2, -0.15) is 5.10 Å². The molecule has 0 saturated carbocycles. The lowest BCUT2D eigenvalue weighted by molar-refractivity contribution is 0.628. The van der Waals surface area contributed by atoms with Crippen molar-refractivity contribution in [1.82, 2.24) is 0 Å². The van der Waals surface area contributed by atoms with Crippen molar-refractivity contribution in [2.75, 3.05) is 0 Å². The number of rotatable bonds is 4. The molecule has 3 nitrogen and oxygen atoms in total. The maximum absolute atomic E-state index is 13.5. The van der Waals surface area contributed by atoms with Gasteiger partial charge in [-0.05, 0) is 11.6 Å². The van der Waals surface area contributed by atoms with Crippen LogP contribution in [-0.4, -0.2) is 11.4 Å². The minimum atomic E-state index is -0.678. The molecule has 2 N–H and O–H groups in total. The third-order valence-electron chi connectivity index (χ3n) is 2.65. The summed E-state index contributed by atoms with van der Waals surface area (Å²) in [6.45, 7) is 0. The van der Waals surface area contributed by atoms with E-state index in [1.165, 1.54) is 24.0 Å². The summed E-state index contributed by atoms with van der Waals surface area (Å²) in [5.74, 6) is 0.0184. The van der Waals surface area contributed by atoms with Gasteiger partial charge in [-0.3, -0.25) is 0 Å². The van der Waals surface area contributed by atoms with Crippen LogP contribution in [-0.2, 0) is 5.75 Å². The summed E-state index contributed by atoms with van der Waals surface area (Å²) >= 11 is 12.8. The fourth-order valence-corrected chi connectivity index (χ4v) is 2.58. The van der Waals surface area contributed by atoms with Crippen LogP contribution in [0.15, 0.2) is 52.7 Å². The van der Waals surface area contributed by atoms with Crippen LogP contribution in [0.25, 0.3) is 0 Å². The van der Waals surface area contributed by atoms with Crippen molar-refractivity contribution < 1.29 is 4.39 Å². The summed E-state index contributed by atoms with van der Waals surface area (Å²) in [6, 6.07) is 12.8. The highest BCUT2D eigenvalue weighted by Gasteiger charge is 2.08. The number of thioether (sulfide) groups is 1. The number of hydrogen-bond donors (Lipinski definition) is 1. The van der Waals surface area contributed by atoms with Crippen molar-refractivity contribution in [1.29, 1.82) is 0 Å². The molecule has 0 heterocycles. The van der Waals surface area contributed by atoms with Crippen LogP contribution in [0, 0.1) is 5.82 Å². The van der Waals surface area contributed by atoms with Crippen molar-refractivity contribution in [2.24, 2.45) is 15.9 Å². The highest BCUT2D eigenvalue weighted by molar-refractivity contribution is 8.13. The molecule has 7 heteroatoms. The Hall–Kier alpha value is -1.56. The van der Waals surface area contributed by atoms with Crippen molar-refractivity contribution in [2.45, 2.75) is 5.75 Å². The van der Waals surface area contributed by atoms with Gasteiger partial charge >= 0.3 is 0 Å². The van der Waals surface area contributed by atoms with Crippen LogP contribution in [0.4, 0.5) is 4.39 Å². The molecule has 22 heavy (non-hydrogen) atoms. The van der Waals surface area contributed by atoms with Gasteiger partial charge in [0.2, 0.25) is 0 Å². The molecule has 0 fully saturated rings. The fourth-order valence-electron chi connectivity index (χ4n) is 1.55. The summed E-state index contributed by atoms with van der Waals surface area (Å²) in [6.07, 6.45) is 1.33. The zero-order valence-corrected chi connectivity index (χ0v) is 13.7.